The summed E-state index contributed by atoms with van der Waals surface area (Å²) >= 11 is 0. The molecule has 0 spiro atoms. The van der Waals surface area contributed by atoms with E-state index in [9.17, 15) is 14.7 Å². The molecule has 3 fully saturated rings. The molecule has 132 valence electrons. The monoisotopic (exact) mass is 334 g/mol. The number of carbonyl (C=O) groups excluding carboxylic acids is 2. The first-order valence-corrected chi connectivity index (χ1v) is 9.25. The van der Waals surface area contributed by atoms with Crippen molar-refractivity contribution in [1.82, 2.24) is 0 Å². The molecule has 0 radical (unpaired) electrons. The zero-order chi connectivity index (χ0) is 16.9. The topological polar surface area (TPSA) is 72.8 Å². The Hall–Kier alpha value is -1.36. The zero-order valence-corrected chi connectivity index (χ0v) is 14.1. The van der Waals surface area contributed by atoms with Gasteiger partial charge < -0.3 is 14.6 Å². The number of esters is 2. The summed E-state index contributed by atoms with van der Waals surface area (Å²) < 4.78 is 10.8. The molecule has 0 aromatic carbocycles. The fourth-order valence-electron chi connectivity index (χ4n) is 5.55. The summed E-state index contributed by atoms with van der Waals surface area (Å²) in [4.78, 5) is 24.3. The highest BCUT2D eigenvalue weighted by molar-refractivity contribution is 5.79. The molecule has 4 bridgehead atoms. The molecule has 0 saturated heterocycles. The molecule has 4 rings (SSSR count). The molecule has 0 heterocycles. The van der Waals surface area contributed by atoms with Crippen molar-refractivity contribution in [3.8, 4) is 0 Å². The van der Waals surface area contributed by atoms with Crippen molar-refractivity contribution in [3.63, 3.8) is 0 Å². The van der Waals surface area contributed by atoms with Crippen molar-refractivity contribution < 1.29 is 24.2 Å². The van der Waals surface area contributed by atoms with Crippen molar-refractivity contribution in [2.75, 3.05) is 6.61 Å². The van der Waals surface area contributed by atoms with E-state index in [-0.39, 0.29) is 41.8 Å². The third kappa shape index (κ3) is 2.48. The summed E-state index contributed by atoms with van der Waals surface area (Å²) in [6.45, 7) is 1.86. The largest absolute Gasteiger partial charge is 0.459 e. The third-order valence-electron chi connectivity index (χ3n) is 6.99. The lowest BCUT2D eigenvalue weighted by molar-refractivity contribution is -0.169. The average Bonchev–Trinajstić information content (AvgIpc) is 3.32. The van der Waals surface area contributed by atoms with Crippen LogP contribution < -0.4 is 0 Å². The van der Waals surface area contributed by atoms with Gasteiger partial charge in [-0.05, 0) is 44.4 Å². The Morgan fingerprint density at radius 2 is 2.12 bits per heavy atom. The lowest BCUT2D eigenvalue weighted by Gasteiger charge is -2.33. The number of rotatable bonds is 5. The Morgan fingerprint density at radius 1 is 1.29 bits per heavy atom. The van der Waals surface area contributed by atoms with Crippen LogP contribution in [0.3, 0.4) is 0 Å². The summed E-state index contributed by atoms with van der Waals surface area (Å²) in [6.07, 6.45) is 9.52. The van der Waals surface area contributed by atoms with E-state index in [1.165, 1.54) is 6.42 Å². The van der Waals surface area contributed by atoms with Crippen molar-refractivity contribution in [3.05, 3.63) is 12.2 Å². The zero-order valence-electron chi connectivity index (χ0n) is 14.1. The summed E-state index contributed by atoms with van der Waals surface area (Å²) in [5, 5.41) is 9.97. The maximum atomic E-state index is 12.2. The quantitative estimate of drug-likeness (QED) is 0.616. The van der Waals surface area contributed by atoms with Crippen molar-refractivity contribution in [2.24, 2.45) is 29.1 Å². The Labute approximate surface area is 142 Å². The summed E-state index contributed by atoms with van der Waals surface area (Å²) in [5.41, 5.74) is 0.157. The van der Waals surface area contributed by atoms with Crippen LogP contribution in [0.1, 0.15) is 45.4 Å². The van der Waals surface area contributed by atoms with Crippen LogP contribution in [0.25, 0.3) is 0 Å². The second kappa shape index (κ2) is 5.87. The summed E-state index contributed by atoms with van der Waals surface area (Å²) in [6, 6.07) is 0. The van der Waals surface area contributed by atoms with Gasteiger partial charge in [0.05, 0.1) is 12.0 Å². The summed E-state index contributed by atoms with van der Waals surface area (Å²) in [7, 11) is 0. The molecule has 7 atom stereocenters. The summed E-state index contributed by atoms with van der Waals surface area (Å²) in [5.74, 6) is -0.570. The lowest BCUT2D eigenvalue weighted by atomic mass is 9.79. The Bertz CT molecular complexity index is 570. The number of hydrogen-bond donors (Lipinski definition) is 1. The van der Waals surface area contributed by atoms with Crippen LogP contribution in [0.15, 0.2) is 12.2 Å². The SMILES string of the molecule is CCC12CCC(CC1OC(=O)COC(=O)C1CC3C=CC1C3O)C2. The first kappa shape index (κ1) is 16.1. The average molecular weight is 334 g/mol. The number of fused-ring (bicyclic) bond motifs is 4. The van der Waals surface area contributed by atoms with E-state index in [1.807, 2.05) is 12.2 Å². The van der Waals surface area contributed by atoms with E-state index in [2.05, 4.69) is 6.92 Å². The number of ether oxygens (including phenoxy) is 2. The van der Waals surface area contributed by atoms with Crippen LogP contribution in [0, 0.1) is 29.1 Å². The van der Waals surface area contributed by atoms with Crippen LogP contribution in [0.5, 0.6) is 0 Å². The van der Waals surface area contributed by atoms with Gasteiger partial charge in [-0.2, -0.15) is 0 Å². The second-order valence-corrected chi connectivity index (χ2v) is 8.11. The standard InChI is InChI=1S/C19H26O5/c1-2-19-6-5-11(9-19)7-15(19)24-16(20)10-23-18(22)14-8-12-3-4-13(14)17(12)21/h3-4,11-15,17,21H,2,5-10H2,1H3. The number of hydrogen-bond acceptors (Lipinski definition) is 5. The molecule has 24 heavy (non-hydrogen) atoms. The molecule has 4 aliphatic carbocycles. The molecule has 5 nitrogen and oxygen atoms in total. The van der Waals surface area contributed by atoms with Gasteiger partial charge in [0.15, 0.2) is 6.61 Å². The minimum atomic E-state index is -0.479. The highest BCUT2D eigenvalue weighted by Gasteiger charge is 2.53. The molecule has 7 unspecified atom stereocenters. The van der Waals surface area contributed by atoms with Gasteiger partial charge in [-0.1, -0.05) is 19.1 Å². The van der Waals surface area contributed by atoms with E-state index in [0.717, 1.165) is 25.7 Å². The molecule has 0 amide bonds. The number of aliphatic hydroxyl groups excluding tert-OH is 1. The number of carbonyl (C=O) groups is 2. The molecular formula is C19H26O5. The van der Waals surface area contributed by atoms with Gasteiger partial charge in [0.25, 0.3) is 0 Å². The Balaban J connectivity index is 1.27. The highest BCUT2D eigenvalue weighted by Crippen LogP contribution is 2.57. The first-order valence-electron chi connectivity index (χ1n) is 9.25. The minimum Gasteiger partial charge on any atom is -0.459 e. The molecular weight excluding hydrogens is 308 g/mol. The van der Waals surface area contributed by atoms with E-state index < -0.39 is 12.1 Å². The maximum Gasteiger partial charge on any atom is 0.344 e. The van der Waals surface area contributed by atoms with E-state index in [4.69, 9.17) is 9.47 Å². The Kier molecular flexibility index (Phi) is 3.94. The van der Waals surface area contributed by atoms with Gasteiger partial charge in [0, 0.05) is 17.3 Å². The van der Waals surface area contributed by atoms with Gasteiger partial charge in [0.1, 0.15) is 6.10 Å². The maximum absolute atomic E-state index is 12.2. The van der Waals surface area contributed by atoms with Gasteiger partial charge in [0.2, 0.25) is 0 Å². The normalized spacial score (nSPS) is 44.9. The van der Waals surface area contributed by atoms with Crippen molar-refractivity contribution in [1.29, 1.82) is 0 Å². The minimum absolute atomic E-state index is 0.0142. The number of aliphatic hydroxyl groups is 1. The Morgan fingerprint density at radius 3 is 2.75 bits per heavy atom. The van der Waals surface area contributed by atoms with Gasteiger partial charge in [-0.3, -0.25) is 4.79 Å². The van der Waals surface area contributed by atoms with E-state index in [0.29, 0.717) is 12.3 Å². The predicted octanol–water partition coefficient (Wildman–Crippen LogP) is 2.22. The van der Waals surface area contributed by atoms with Crippen LogP contribution in [-0.2, 0) is 19.1 Å². The molecule has 0 aliphatic heterocycles. The third-order valence-corrected chi connectivity index (χ3v) is 6.99. The van der Waals surface area contributed by atoms with Gasteiger partial charge >= 0.3 is 11.9 Å². The second-order valence-electron chi connectivity index (χ2n) is 8.11. The predicted molar refractivity (Wildman–Crippen MR) is 85.8 cm³/mol. The van der Waals surface area contributed by atoms with E-state index in [1.54, 1.807) is 0 Å². The van der Waals surface area contributed by atoms with Crippen molar-refractivity contribution >= 4 is 11.9 Å². The van der Waals surface area contributed by atoms with Gasteiger partial charge in [-0.15, -0.1) is 0 Å². The molecule has 1 N–H and O–H groups in total. The highest BCUT2D eigenvalue weighted by atomic mass is 16.6. The van der Waals surface area contributed by atoms with Crippen LogP contribution in [0.2, 0.25) is 0 Å². The van der Waals surface area contributed by atoms with Crippen LogP contribution in [-0.4, -0.2) is 35.9 Å². The van der Waals surface area contributed by atoms with Crippen LogP contribution >= 0.6 is 0 Å². The fraction of sp³-hybridized carbons (Fsp3) is 0.789. The molecule has 4 aliphatic rings. The van der Waals surface area contributed by atoms with Gasteiger partial charge in [-0.25, -0.2) is 4.79 Å². The fourth-order valence-corrected chi connectivity index (χ4v) is 5.55. The molecule has 0 aromatic heterocycles. The smallest absolute Gasteiger partial charge is 0.344 e. The van der Waals surface area contributed by atoms with Crippen LogP contribution in [0.4, 0.5) is 0 Å². The molecule has 5 heteroatoms. The van der Waals surface area contributed by atoms with Crippen molar-refractivity contribution in [2.45, 2.75) is 57.7 Å². The van der Waals surface area contributed by atoms with E-state index >= 15 is 0 Å². The first-order chi connectivity index (χ1) is 11.5. The molecule has 0 aromatic rings. The lowest BCUT2D eigenvalue weighted by Crippen LogP contribution is -2.35. The molecule has 3 saturated carbocycles.